The minimum absolute atomic E-state index is 0.765. The average Bonchev–Trinajstić information content (AvgIpc) is 2.82. The van der Waals surface area contributed by atoms with Gasteiger partial charge in [-0.1, -0.05) is 28.1 Å². The highest BCUT2D eigenvalue weighted by Gasteiger charge is 2.05. The van der Waals surface area contributed by atoms with Crippen LogP contribution in [-0.4, -0.2) is 22.8 Å². The summed E-state index contributed by atoms with van der Waals surface area (Å²) in [5, 5.41) is 3.41. The van der Waals surface area contributed by atoms with Crippen LogP contribution in [0.1, 0.15) is 24.6 Å². The third kappa shape index (κ3) is 5.17. The van der Waals surface area contributed by atoms with Gasteiger partial charge in [-0.25, -0.2) is 4.98 Å². The van der Waals surface area contributed by atoms with Crippen LogP contribution < -0.4 is 5.32 Å². The number of hydrogen-bond acceptors (Lipinski definition) is 3. The lowest BCUT2D eigenvalue weighted by Crippen LogP contribution is -2.09. The average molecular weight is 352 g/mol. The standard InChI is InChI=1S/C16H22BrN3O/c1-3-21-9-5-8-20-12-13(2)19-16(20)18-11-14-6-4-7-15(17)10-14/h4,6-7,10,12H,3,5,8-9,11H2,1-2H3,(H,18,19). The second-order valence-corrected chi connectivity index (χ2v) is 5.85. The molecular formula is C16H22BrN3O. The molecule has 4 nitrogen and oxygen atoms in total. The van der Waals surface area contributed by atoms with Crippen molar-refractivity contribution in [3.8, 4) is 0 Å². The first-order valence-corrected chi connectivity index (χ1v) is 8.08. The first-order chi connectivity index (χ1) is 10.2. The number of halogens is 1. The molecule has 0 unspecified atom stereocenters. The number of imidazole rings is 1. The van der Waals surface area contributed by atoms with Crippen LogP contribution in [0.2, 0.25) is 0 Å². The highest BCUT2D eigenvalue weighted by Crippen LogP contribution is 2.14. The second-order valence-electron chi connectivity index (χ2n) is 4.93. The molecule has 1 aromatic carbocycles. The zero-order chi connectivity index (χ0) is 15.1. The Hall–Kier alpha value is -1.33. The third-order valence-corrected chi connectivity index (χ3v) is 3.62. The molecule has 0 amide bonds. The van der Waals surface area contributed by atoms with Crippen LogP contribution in [0.15, 0.2) is 34.9 Å². The molecule has 0 spiro atoms. The molecule has 0 radical (unpaired) electrons. The van der Waals surface area contributed by atoms with Gasteiger partial charge in [-0.15, -0.1) is 0 Å². The van der Waals surface area contributed by atoms with Crippen molar-refractivity contribution >= 4 is 21.9 Å². The first-order valence-electron chi connectivity index (χ1n) is 7.29. The number of aromatic nitrogens is 2. The quantitative estimate of drug-likeness (QED) is 0.730. The second kappa shape index (κ2) is 8.20. The SMILES string of the molecule is CCOCCCn1cc(C)nc1NCc1cccc(Br)c1. The van der Waals surface area contributed by atoms with Gasteiger partial charge in [0.25, 0.3) is 0 Å². The van der Waals surface area contributed by atoms with Crippen molar-refractivity contribution in [1.82, 2.24) is 9.55 Å². The van der Waals surface area contributed by atoms with Crippen LogP contribution in [0.4, 0.5) is 5.95 Å². The van der Waals surface area contributed by atoms with Gasteiger partial charge >= 0.3 is 0 Å². The summed E-state index contributed by atoms with van der Waals surface area (Å²) in [6.45, 7) is 7.29. The van der Waals surface area contributed by atoms with Crippen LogP contribution in [0, 0.1) is 6.92 Å². The Morgan fingerprint density at radius 2 is 2.24 bits per heavy atom. The molecule has 0 saturated carbocycles. The highest BCUT2D eigenvalue weighted by atomic mass is 79.9. The van der Waals surface area contributed by atoms with Crippen LogP contribution in [-0.2, 0) is 17.8 Å². The van der Waals surface area contributed by atoms with Crippen LogP contribution in [0.25, 0.3) is 0 Å². The molecule has 0 fully saturated rings. The van der Waals surface area contributed by atoms with Gasteiger partial charge in [-0.2, -0.15) is 0 Å². The highest BCUT2D eigenvalue weighted by molar-refractivity contribution is 9.10. The Bertz CT molecular complexity index is 568. The van der Waals surface area contributed by atoms with E-state index >= 15 is 0 Å². The summed E-state index contributed by atoms with van der Waals surface area (Å²) in [5.41, 5.74) is 2.26. The maximum absolute atomic E-state index is 5.39. The van der Waals surface area contributed by atoms with E-state index < -0.39 is 0 Å². The van der Waals surface area contributed by atoms with Gasteiger partial charge in [0.1, 0.15) is 0 Å². The predicted octanol–water partition coefficient (Wildman–Crippen LogP) is 3.99. The Balaban J connectivity index is 1.93. The molecule has 1 aromatic heterocycles. The van der Waals surface area contributed by atoms with E-state index in [1.807, 2.05) is 26.0 Å². The fourth-order valence-corrected chi connectivity index (χ4v) is 2.61. The summed E-state index contributed by atoms with van der Waals surface area (Å²) in [7, 11) is 0. The van der Waals surface area contributed by atoms with Crippen LogP contribution >= 0.6 is 15.9 Å². The topological polar surface area (TPSA) is 39.1 Å². The van der Waals surface area contributed by atoms with E-state index in [9.17, 15) is 0 Å². The number of aryl methyl sites for hydroxylation is 2. The van der Waals surface area contributed by atoms with Crippen molar-refractivity contribution in [2.75, 3.05) is 18.5 Å². The lowest BCUT2D eigenvalue weighted by Gasteiger charge is -2.10. The van der Waals surface area contributed by atoms with E-state index in [0.717, 1.165) is 48.8 Å². The molecular weight excluding hydrogens is 330 g/mol. The zero-order valence-corrected chi connectivity index (χ0v) is 14.2. The van der Waals surface area contributed by atoms with Gasteiger partial charge in [0.05, 0.1) is 5.69 Å². The van der Waals surface area contributed by atoms with Gasteiger partial charge in [-0.3, -0.25) is 0 Å². The molecule has 0 aliphatic rings. The molecule has 1 N–H and O–H groups in total. The first kappa shape index (κ1) is 16.0. The fraction of sp³-hybridized carbons (Fsp3) is 0.438. The molecule has 0 saturated heterocycles. The van der Waals surface area contributed by atoms with Crippen molar-refractivity contribution in [2.24, 2.45) is 0 Å². The number of nitrogens with one attached hydrogen (secondary N) is 1. The number of hydrogen-bond donors (Lipinski definition) is 1. The molecule has 5 heteroatoms. The Kier molecular flexibility index (Phi) is 6.26. The van der Waals surface area contributed by atoms with Crippen LogP contribution in [0.5, 0.6) is 0 Å². The number of rotatable bonds is 8. The van der Waals surface area contributed by atoms with E-state index in [4.69, 9.17) is 4.74 Å². The van der Waals surface area contributed by atoms with Crippen molar-refractivity contribution in [1.29, 1.82) is 0 Å². The van der Waals surface area contributed by atoms with E-state index in [2.05, 4.69) is 49.1 Å². The van der Waals surface area contributed by atoms with Crippen molar-refractivity contribution in [3.63, 3.8) is 0 Å². The third-order valence-electron chi connectivity index (χ3n) is 3.13. The molecule has 1 heterocycles. The zero-order valence-electron chi connectivity index (χ0n) is 12.6. The van der Waals surface area contributed by atoms with Crippen molar-refractivity contribution < 1.29 is 4.74 Å². The summed E-state index contributed by atoms with van der Waals surface area (Å²) in [6, 6.07) is 8.29. The normalized spacial score (nSPS) is 10.8. The fourth-order valence-electron chi connectivity index (χ4n) is 2.17. The Labute approximate surface area is 134 Å². The van der Waals surface area contributed by atoms with Gasteiger partial charge < -0.3 is 14.6 Å². The summed E-state index contributed by atoms with van der Waals surface area (Å²) in [4.78, 5) is 4.55. The number of ether oxygens (including phenoxy) is 1. The van der Waals surface area contributed by atoms with Crippen molar-refractivity contribution in [3.05, 3.63) is 46.2 Å². The minimum Gasteiger partial charge on any atom is -0.382 e. The molecule has 0 aliphatic carbocycles. The molecule has 114 valence electrons. The largest absolute Gasteiger partial charge is 0.382 e. The number of benzene rings is 1. The Morgan fingerprint density at radius 3 is 3.00 bits per heavy atom. The van der Waals surface area contributed by atoms with Gasteiger partial charge in [0, 0.05) is 37.0 Å². The summed E-state index contributed by atoms with van der Waals surface area (Å²) < 4.78 is 8.64. The number of anilines is 1. The van der Waals surface area contributed by atoms with Crippen molar-refractivity contribution in [2.45, 2.75) is 33.4 Å². The van der Waals surface area contributed by atoms with E-state index in [-0.39, 0.29) is 0 Å². The molecule has 0 bridgehead atoms. The molecule has 2 aromatic rings. The maximum atomic E-state index is 5.39. The maximum Gasteiger partial charge on any atom is 0.203 e. The monoisotopic (exact) mass is 351 g/mol. The summed E-state index contributed by atoms with van der Waals surface area (Å²) >= 11 is 3.49. The Morgan fingerprint density at radius 1 is 1.38 bits per heavy atom. The molecule has 0 atom stereocenters. The minimum atomic E-state index is 0.765. The smallest absolute Gasteiger partial charge is 0.203 e. The molecule has 21 heavy (non-hydrogen) atoms. The van der Waals surface area contributed by atoms with Crippen LogP contribution in [0.3, 0.4) is 0 Å². The molecule has 2 rings (SSSR count). The lowest BCUT2D eigenvalue weighted by atomic mass is 10.2. The lowest BCUT2D eigenvalue weighted by molar-refractivity contribution is 0.142. The van der Waals surface area contributed by atoms with Gasteiger partial charge in [-0.05, 0) is 38.0 Å². The summed E-state index contributed by atoms with van der Waals surface area (Å²) in [6.07, 6.45) is 3.07. The number of nitrogens with zero attached hydrogens (tertiary/aromatic N) is 2. The van der Waals surface area contributed by atoms with Gasteiger partial charge in [0.15, 0.2) is 0 Å². The summed E-state index contributed by atoms with van der Waals surface area (Å²) in [5.74, 6) is 0.920. The predicted molar refractivity (Wildman–Crippen MR) is 89.5 cm³/mol. The van der Waals surface area contributed by atoms with Gasteiger partial charge in [0.2, 0.25) is 5.95 Å². The molecule has 0 aliphatic heterocycles. The van der Waals surface area contributed by atoms with E-state index in [1.165, 1.54) is 5.56 Å². The van der Waals surface area contributed by atoms with E-state index in [0.29, 0.717) is 0 Å². The van der Waals surface area contributed by atoms with E-state index in [1.54, 1.807) is 0 Å².